The first-order valence-corrected chi connectivity index (χ1v) is 8.17. The minimum Gasteiger partial charge on any atom is -0.354 e. The van der Waals surface area contributed by atoms with E-state index in [4.69, 9.17) is 0 Å². The lowest BCUT2D eigenvalue weighted by Gasteiger charge is -2.33. The van der Waals surface area contributed by atoms with Crippen LogP contribution in [-0.4, -0.2) is 37.6 Å². The number of hydrogen-bond acceptors (Lipinski definition) is 5. The number of aromatic nitrogens is 5. The Morgan fingerprint density at radius 1 is 1.17 bits per heavy atom. The molecule has 1 atom stereocenters. The van der Waals surface area contributed by atoms with Crippen molar-refractivity contribution in [3.8, 4) is 0 Å². The zero-order chi connectivity index (χ0) is 15.6. The quantitative estimate of drug-likeness (QED) is 0.744. The third-order valence-electron chi connectivity index (χ3n) is 4.62. The molecule has 0 aromatic carbocycles. The van der Waals surface area contributed by atoms with Crippen LogP contribution >= 0.6 is 0 Å². The van der Waals surface area contributed by atoms with E-state index in [0.717, 1.165) is 43.0 Å². The van der Waals surface area contributed by atoms with Gasteiger partial charge in [-0.25, -0.2) is 15.0 Å². The molecule has 1 saturated heterocycles. The number of rotatable bonds is 3. The number of anilines is 1. The highest BCUT2D eigenvalue weighted by Crippen LogP contribution is 2.31. The maximum atomic E-state index is 4.55. The molecule has 118 valence electrons. The van der Waals surface area contributed by atoms with Crippen LogP contribution in [0.4, 0.5) is 5.82 Å². The van der Waals surface area contributed by atoms with Crippen LogP contribution in [0.15, 0.2) is 37.2 Å². The monoisotopic (exact) mass is 308 g/mol. The van der Waals surface area contributed by atoms with E-state index in [-0.39, 0.29) is 0 Å². The van der Waals surface area contributed by atoms with Crippen LogP contribution < -0.4 is 4.90 Å². The molecule has 6 nitrogen and oxygen atoms in total. The Bertz CT molecular complexity index is 797. The van der Waals surface area contributed by atoms with Crippen molar-refractivity contribution >= 4 is 17.0 Å². The summed E-state index contributed by atoms with van der Waals surface area (Å²) in [5.74, 6) is 1.48. The minimum absolute atomic E-state index is 0.519. The topological polar surface area (TPSA) is 59.7 Å². The Kier molecular flexibility index (Phi) is 3.65. The van der Waals surface area contributed by atoms with E-state index in [1.54, 1.807) is 6.33 Å². The number of imidazole rings is 1. The van der Waals surface area contributed by atoms with Gasteiger partial charge in [-0.1, -0.05) is 0 Å². The van der Waals surface area contributed by atoms with Crippen molar-refractivity contribution in [1.29, 1.82) is 0 Å². The molecule has 6 heteroatoms. The number of aryl methyl sites for hydroxylation is 1. The van der Waals surface area contributed by atoms with Gasteiger partial charge in [0.1, 0.15) is 6.33 Å². The number of pyridine rings is 1. The molecule has 0 radical (unpaired) electrons. The third kappa shape index (κ3) is 2.54. The second kappa shape index (κ2) is 5.95. The summed E-state index contributed by atoms with van der Waals surface area (Å²) in [6.45, 7) is 4.96. The molecule has 0 aliphatic carbocycles. The van der Waals surface area contributed by atoms with Gasteiger partial charge in [-0.3, -0.25) is 4.98 Å². The summed E-state index contributed by atoms with van der Waals surface area (Å²) in [6.07, 6.45) is 9.62. The molecule has 0 spiro atoms. The van der Waals surface area contributed by atoms with Gasteiger partial charge in [0.15, 0.2) is 17.0 Å². The lowest BCUT2D eigenvalue weighted by molar-refractivity contribution is 0.507. The SMILES string of the molecule is CCn1cnc2c(N3CCC[C@H](c4ccncc4)C3)ncnc21. The molecule has 0 amide bonds. The molecule has 0 saturated carbocycles. The summed E-state index contributed by atoms with van der Waals surface area (Å²) < 4.78 is 2.06. The average Bonchev–Trinajstić information content (AvgIpc) is 3.06. The zero-order valence-electron chi connectivity index (χ0n) is 13.3. The molecule has 0 unspecified atom stereocenters. The molecule has 23 heavy (non-hydrogen) atoms. The normalized spacial score (nSPS) is 18.5. The van der Waals surface area contributed by atoms with E-state index >= 15 is 0 Å². The molecule has 0 bridgehead atoms. The fourth-order valence-electron chi connectivity index (χ4n) is 3.41. The van der Waals surface area contributed by atoms with E-state index in [9.17, 15) is 0 Å². The van der Waals surface area contributed by atoms with Crippen molar-refractivity contribution in [2.75, 3.05) is 18.0 Å². The summed E-state index contributed by atoms with van der Waals surface area (Å²) >= 11 is 0. The molecular weight excluding hydrogens is 288 g/mol. The van der Waals surface area contributed by atoms with E-state index < -0.39 is 0 Å². The van der Waals surface area contributed by atoms with E-state index in [2.05, 4.69) is 48.5 Å². The number of fused-ring (bicyclic) bond motifs is 1. The van der Waals surface area contributed by atoms with E-state index in [1.807, 2.05) is 18.7 Å². The van der Waals surface area contributed by atoms with Crippen LogP contribution in [0.2, 0.25) is 0 Å². The lowest BCUT2D eigenvalue weighted by Crippen LogP contribution is -2.35. The maximum absolute atomic E-state index is 4.55. The highest BCUT2D eigenvalue weighted by molar-refractivity contribution is 5.83. The lowest BCUT2D eigenvalue weighted by atomic mass is 9.91. The molecule has 0 N–H and O–H groups in total. The standard InChI is InChI=1S/C17H20N6/c1-2-22-12-21-15-16(22)19-11-20-17(15)23-9-3-4-14(10-23)13-5-7-18-8-6-13/h5-8,11-12,14H,2-4,9-10H2,1H3/t14-/m0/s1. The van der Waals surface area contributed by atoms with Gasteiger partial charge < -0.3 is 9.47 Å². The van der Waals surface area contributed by atoms with Crippen LogP contribution in [0.1, 0.15) is 31.2 Å². The van der Waals surface area contributed by atoms with Crippen LogP contribution in [0.5, 0.6) is 0 Å². The van der Waals surface area contributed by atoms with Gasteiger partial charge in [0.05, 0.1) is 6.33 Å². The van der Waals surface area contributed by atoms with Crippen molar-refractivity contribution in [3.63, 3.8) is 0 Å². The molecular formula is C17H20N6. The Morgan fingerprint density at radius 3 is 2.87 bits per heavy atom. The largest absolute Gasteiger partial charge is 0.354 e. The van der Waals surface area contributed by atoms with Gasteiger partial charge in [-0.05, 0) is 37.5 Å². The number of nitrogens with zero attached hydrogens (tertiary/aromatic N) is 6. The predicted octanol–water partition coefficient (Wildman–Crippen LogP) is 2.63. The van der Waals surface area contributed by atoms with Crippen molar-refractivity contribution in [2.45, 2.75) is 32.2 Å². The Labute approximate surface area is 135 Å². The predicted molar refractivity (Wildman–Crippen MR) is 89.4 cm³/mol. The summed E-state index contributed by atoms with van der Waals surface area (Å²) in [5.41, 5.74) is 3.18. The molecule has 1 aliphatic rings. The molecule has 3 aromatic heterocycles. The highest BCUT2D eigenvalue weighted by Gasteiger charge is 2.24. The van der Waals surface area contributed by atoms with Crippen LogP contribution in [0.25, 0.3) is 11.2 Å². The first-order chi connectivity index (χ1) is 11.4. The smallest absolute Gasteiger partial charge is 0.165 e. The van der Waals surface area contributed by atoms with Gasteiger partial charge in [0.25, 0.3) is 0 Å². The third-order valence-corrected chi connectivity index (χ3v) is 4.62. The minimum atomic E-state index is 0.519. The Hall–Kier alpha value is -2.50. The molecule has 1 fully saturated rings. The summed E-state index contributed by atoms with van der Waals surface area (Å²) in [7, 11) is 0. The maximum Gasteiger partial charge on any atom is 0.165 e. The van der Waals surface area contributed by atoms with Crippen molar-refractivity contribution < 1.29 is 0 Å². The summed E-state index contributed by atoms with van der Waals surface area (Å²) in [5, 5.41) is 0. The van der Waals surface area contributed by atoms with Crippen molar-refractivity contribution in [1.82, 2.24) is 24.5 Å². The van der Waals surface area contributed by atoms with Gasteiger partial charge >= 0.3 is 0 Å². The molecule has 4 heterocycles. The van der Waals surface area contributed by atoms with Crippen LogP contribution in [0, 0.1) is 0 Å². The second-order valence-electron chi connectivity index (χ2n) is 5.97. The summed E-state index contributed by atoms with van der Waals surface area (Å²) in [6, 6.07) is 4.24. The van der Waals surface area contributed by atoms with Crippen LogP contribution in [0.3, 0.4) is 0 Å². The van der Waals surface area contributed by atoms with E-state index in [1.165, 1.54) is 12.0 Å². The second-order valence-corrected chi connectivity index (χ2v) is 5.97. The van der Waals surface area contributed by atoms with E-state index in [0.29, 0.717) is 5.92 Å². The van der Waals surface area contributed by atoms with Gasteiger partial charge in [-0.2, -0.15) is 0 Å². The van der Waals surface area contributed by atoms with Crippen molar-refractivity contribution in [3.05, 3.63) is 42.7 Å². The summed E-state index contributed by atoms with van der Waals surface area (Å²) in [4.78, 5) is 20.0. The first-order valence-electron chi connectivity index (χ1n) is 8.17. The number of piperidine rings is 1. The highest BCUT2D eigenvalue weighted by atomic mass is 15.2. The van der Waals surface area contributed by atoms with Gasteiger partial charge in [-0.15, -0.1) is 0 Å². The Balaban J connectivity index is 1.67. The fraction of sp³-hybridized carbons (Fsp3) is 0.412. The first kappa shape index (κ1) is 14.1. The molecule has 4 rings (SSSR count). The van der Waals surface area contributed by atoms with Crippen LogP contribution in [-0.2, 0) is 6.54 Å². The zero-order valence-corrected chi connectivity index (χ0v) is 13.3. The number of hydrogen-bond donors (Lipinski definition) is 0. The average molecular weight is 308 g/mol. The van der Waals surface area contributed by atoms with Gasteiger partial charge in [0.2, 0.25) is 0 Å². The fourth-order valence-corrected chi connectivity index (χ4v) is 3.41. The van der Waals surface area contributed by atoms with Crippen molar-refractivity contribution in [2.24, 2.45) is 0 Å². The Morgan fingerprint density at radius 2 is 2.04 bits per heavy atom. The van der Waals surface area contributed by atoms with Gasteiger partial charge in [0, 0.05) is 37.9 Å². The molecule has 1 aliphatic heterocycles. The molecule has 3 aromatic rings.